The Kier molecular flexibility index (Phi) is 7.14. The fourth-order valence-electron chi connectivity index (χ4n) is 3.84. The lowest BCUT2D eigenvalue weighted by Crippen LogP contribution is -2.32. The summed E-state index contributed by atoms with van der Waals surface area (Å²) in [6.07, 6.45) is 4.41. The molecule has 0 spiro atoms. The molecule has 1 N–H and O–H groups in total. The molecule has 10 heteroatoms. The lowest BCUT2D eigenvalue weighted by atomic mass is 10.0. The van der Waals surface area contributed by atoms with Crippen molar-refractivity contribution in [2.24, 2.45) is 5.92 Å². The van der Waals surface area contributed by atoms with E-state index < -0.39 is 10.0 Å². The number of fused-ring (bicyclic) bond motifs is 1. The van der Waals surface area contributed by atoms with Gasteiger partial charge in [-0.15, -0.1) is 0 Å². The second-order valence-corrected chi connectivity index (χ2v) is 9.67. The number of carbonyl (C=O) groups is 1. The first-order chi connectivity index (χ1) is 14.8. The molecule has 0 aliphatic carbocycles. The van der Waals surface area contributed by atoms with E-state index in [2.05, 4.69) is 16.5 Å². The molecule has 1 aromatic carbocycles. The van der Waals surface area contributed by atoms with Crippen LogP contribution in [-0.4, -0.2) is 66.9 Å². The third-order valence-corrected chi connectivity index (χ3v) is 7.35. The zero-order valence-electron chi connectivity index (χ0n) is 17.8. The minimum atomic E-state index is -3.32. The van der Waals surface area contributed by atoms with E-state index in [1.54, 1.807) is 20.3 Å². The minimum absolute atomic E-state index is 0.0507. The monoisotopic (exact) mass is 449 g/mol. The fraction of sp³-hybridized carbons (Fsp3) is 0.429. The van der Waals surface area contributed by atoms with Gasteiger partial charge in [0, 0.05) is 44.2 Å². The molecule has 0 amide bonds. The van der Waals surface area contributed by atoms with Crippen LogP contribution in [0, 0.1) is 5.92 Å². The van der Waals surface area contributed by atoms with E-state index >= 15 is 0 Å². The molecule has 3 aromatic rings. The van der Waals surface area contributed by atoms with Gasteiger partial charge in [0.2, 0.25) is 10.0 Å². The Morgan fingerprint density at radius 2 is 2.00 bits per heavy atom. The van der Waals surface area contributed by atoms with Gasteiger partial charge in [0.1, 0.15) is 17.2 Å². The molecule has 9 nitrogen and oxygen atoms in total. The van der Waals surface area contributed by atoms with Crippen LogP contribution in [-0.2, 0) is 26.0 Å². The van der Waals surface area contributed by atoms with Crippen LogP contribution in [0.4, 0.5) is 0 Å². The average molecular weight is 450 g/mol. The lowest BCUT2D eigenvalue weighted by Gasteiger charge is -2.22. The van der Waals surface area contributed by atoms with Crippen molar-refractivity contribution in [3.8, 4) is 11.4 Å². The second kappa shape index (κ2) is 9.63. The van der Waals surface area contributed by atoms with Crippen LogP contribution < -0.4 is 0 Å². The number of hydrogen-bond acceptors (Lipinski definition) is 6. The quantitative estimate of drug-likeness (QED) is 0.575. The van der Waals surface area contributed by atoms with Crippen molar-refractivity contribution in [1.29, 1.82) is 0 Å². The highest BCUT2D eigenvalue weighted by molar-refractivity contribution is 7.89. The van der Waals surface area contributed by atoms with Crippen molar-refractivity contribution in [2.45, 2.75) is 19.4 Å². The summed E-state index contributed by atoms with van der Waals surface area (Å²) in [4.78, 5) is 13.0. The molecule has 0 unspecified atom stereocenters. The summed E-state index contributed by atoms with van der Waals surface area (Å²) in [7, 11) is -0.192. The number of para-hydroxylation sites is 1. The first kappa shape index (κ1) is 23.0. The van der Waals surface area contributed by atoms with Crippen LogP contribution in [0.25, 0.3) is 22.4 Å². The van der Waals surface area contributed by atoms with Gasteiger partial charge in [-0.25, -0.2) is 17.7 Å². The normalized spacial score (nSPS) is 18.8. The summed E-state index contributed by atoms with van der Waals surface area (Å²) in [5.41, 5.74) is 1.81. The molecule has 0 saturated carbocycles. The zero-order valence-corrected chi connectivity index (χ0v) is 18.6. The van der Waals surface area contributed by atoms with Gasteiger partial charge in [-0.3, -0.25) is 4.79 Å². The van der Waals surface area contributed by atoms with Gasteiger partial charge in [0.15, 0.2) is 0 Å². The number of ether oxygens (including phenoxy) is 1. The van der Waals surface area contributed by atoms with Crippen molar-refractivity contribution in [3.05, 3.63) is 42.4 Å². The van der Waals surface area contributed by atoms with Crippen molar-refractivity contribution in [2.75, 3.05) is 33.1 Å². The van der Waals surface area contributed by atoms with Crippen LogP contribution >= 0.6 is 0 Å². The summed E-state index contributed by atoms with van der Waals surface area (Å²) < 4.78 is 39.9. The van der Waals surface area contributed by atoms with E-state index in [1.165, 1.54) is 4.31 Å². The summed E-state index contributed by atoms with van der Waals surface area (Å²) in [6, 6.07) is 7.83. The Hall–Kier alpha value is -2.69. The number of sulfonamides is 1. The van der Waals surface area contributed by atoms with Crippen LogP contribution in [0.5, 0.6) is 0 Å². The molecule has 3 heterocycles. The predicted octanol–water partition coefficient (Wildman–Crippen LogP) is 2.64. The van der Waals surface area contributed by atoms with Crippen LogP contribution in [0.3, 0.4) is 0 Å². The second-order valence-electron chi connectivity index (χ2n) is 7.44. The number of rotatable bonds is 6. The Balaban J connectivity index is 0.000000858. The highest BCUT2D eigenvalue weighted by Gasteiger charge is 2.36. The Morgan fingerprint density at radius 3 is 2.68 bits per heavy atom. The largest absolute Gasteiger partial charge is 0.483 e. The van der Waals surface area contributed by atoms with Gasteiger partial charge in [0.05, 0.1) is 30.6 Å². The van der Waals surface area contributed by atoms with Gasteiger partial charge in [-0.2, -0.15) is 0 Å². The molecule has 0 bridgehead atoms. The highest BCUT2D eigenvalue weighted by atomic mass is 32.2. The number of aryl methyl sites for hydroxylation is 1. The molecule has 31 heavy (non-hydrogen) atoms. The topological polar surface area (TPSA) is 115 Å². The fourth-order valence-corrected chi connectivity index (χ4v) is 5.00. The standard InChI is InChI=1S/C20H25N3O4S.CH2O2/c1-4-17-19(15-7-5-6-8-18(15)27-17)20-21-9-10-23(20)16-12-26-11-14(16)13-28(24,25)22(2)3;2-1-3/h5-10,14,16H,4,11-13H2,1-3H3;1H,(H,2,3)/t14-,16+;/m0./s1. The summed E-state index contributed by atoms with van der Waals surface area (Å²) in [5.74, 6) is 1.59. The molecule has 1 saturated heterocycles. The summed E-state index contributed by atoms with van der Waals surface area (Å²) in [6.45, 7) is 2.69. The van der Waals surface area contributed by atoms with Gasteiger partial charge >= 0.3 is 0 Å². The number of imidazole rings is 1. The number of nitrogens with zero attached hydrogens (tertiary/aromatic N) is 3. The number of benzene rings is 1. The summed E-state index contributed by atoms with van der Waals surface area (Å²) >= 11 is 0. The van der Waals surface area contributed by atoms with E-state index in [9.17, 15) is 8.42 Å². The molecule has 0 radical (unpaired) electrons. The van der Waals surface area contributed by atoms with E-state index in [-0.39, 0.29) is 24.2 Å². The van der Waals surface area contributed by atoms with Gasteiger partial charge < -0.3 is 18.8 Å². The first-order valence-electron chi connectivity index (χ1n) is 9.93. The molecular weight excluding hydrogens is 422 g/mol. The Bertz CT molecular complexity index is 1140. The maximum absolute atomic E-state index is 12.4. The number of carboxylic acid groups (broad SMARTS) is 1. The van der Waals surface area contributed by atoms with Gasteiger partial charge in [-0.1, -0.05) is 25.1 Å². The molecule has 1 fully saturated rings. The molecular formula is C21H27N3O6S. The minimum Gasteiger partial charge on any atom is -0.483 e. The van der Waals surface area contributed by atoms with E-state index in [0.29, 0.717) is 13.2 Å². The molecule has 2 atom stereocenters. The highest BCUT2D eigenvalue weighted by Crippen LogP contribution is 2.37. The van der Waals surface area contributed by atoms with Crippen molar-refractivity contribution in [3.63, 3.8) is 0 Å². The SMILES string of the molecule is CCc1oc2ccccc2c1-c1nccn1[C@@H]1COC[C@H]1CS(=O)(=O)N(C)C.O=CO. The van der Waals surface area contributed by atoms with Crippen LogP contribution in [0.15, 0.2) is 41.1 Å². The lowest BCUT2D eigenvalue weighted by molar-refractivity contribution is -0.122. The maximum Gasteiger partial charge on any atom is 0.290 e. The molecule has 1 aliphatic heterocycles. The average Bonchev–Trinajstić information content (AvgIpc) is 3.45. The maximum atomic E-state index is 12.4. The smallest absolute Gasteiger partial charge is 0.290 e. The third-order valence-electron chi connectivity index (χ3n) is 5.38. The molecule has 1 aliphatic rings. The number of hydrogen-bond donors (Lipinski definition) is 1. The molecule has 168 valence electrons. The van der Waals surface area contributed by atoms with Crippen molar-refractivity contribution in [1.82, 2.24) is 13.9 Å². The first-order valence-corrected chi connectivity index (χ1v) is 11.5. The zero-order chi connectivity index (χ0) is 22.6. The number of aromatic nitrogens is 2. The van der Waals surface area contributed by atoms with E-state index in [0.717, 1.165) is 34.5 Å². The van der Waals surface area contributed by atoms with Gasteiger partial charge in [-0.05, 0) is 6.07 Å². The van der Waals surface area contributed by atoms with E-state index in [4.69, 9.17) is 19.1 Å². The van der Waals surface area contributed by atoms with Crippen molar-refractivity contribution < 1.29 is 27.5 Å². The molecule has 4 rings (SSSR count). The Labute approximate surface area is 181 Å². The van der Waals surface area contributed by atoms with Crippen LogP contribution in [0.1, 0.15) is 18.7 Å². The van der Waals surface area contributed by atoms with Crippen LogP contribution in [0.2, 0.25) is 0 Å². The third kappa shape index (κ3) is 4.65. The summed E-state index contributed by atoms with van der Waals surface area (Å²) in [5, 5.41) is 7.91. The van der Waals surface area contributed by atoms with Gasteiger partial charge in [0.25, 0.3) is 6.47 Å². The van der Waals surface area contributed by atoms with Crippen molar-refractivity contribution >= 4 is 27.5 Å². The molecule has 2 aromatic heterocycles. The number of furan rings is 1. The predicted molar refractivity (Wildman–Crippen MR) is 116 cm³/mol. The van der Waals surface area contributed by atoms with E-state index in [1.807, 2.05) is 30.5 Å². The Morgan fingerprint density at radius 1 is 1.29 bits per heavy atom.